The quantitative estimate of drug-likeness (QED) is 0.909. The number of carbonyl (C=O) groups is 1. The van der Waals surface area contributed by atoms with E-state index in [1.807, 2.05) is 6.92 Å². The van der Waals surface area contributed by atoms with Gasteiger partial charge >= 0.3 is 0 Å². The van der Waals surface area contributed by atoms with E-state index >= 15 is 0 Å². The number of hydrogen-bond donors (Lipinski definition) is 1. The summed E-state index contributed by atoms with van der Waals surface area (Å²) in [7, 11) is 0. The first-order valence-electron chi connectivity index (χ1n) is 8.40. The Bertz CT molecular complexity index is 603. The molecule has 1 fully saturated rings. The van der Waals surface area contributed by atoms with Crippen LogP contribution in [0.3, 0.4) is 0 Å². The number of piperidine rings is 1. The predicted molar refractivity (Wildman–Crippen MR) is 90.2 cm³/mol. The summed E-state index contributed by atoms with van der Waals surface area (Å²) in [6.07, 6.45) is 1.88. The third-order valence-corrected chi connectivity index (χ3v) is 4.20. The van der Waals surface area contributed by atoms with Crippen molar-refractivity contribution in [1.82, 2.24) is 20.0 Å². The first kappa shape index (κ1) is 17.7. The Morgan fingerprint density at radius 1 is 1.39 bits per heavy atom. The van der Waals surface area contributed by atoms with E-state index in [-0.39, 0.29) is 22.8 Å². The Labute approximate surface area is 137 Å². The molecule has 1 amide bonds. The standard InChI is InChI=1S/C17H28N4O2/c1-5-18-16(23)13-7-6-10-20(11-13)12-21-15(22)9-8-14(19-21)17(2,3)4/h8-9,13H,5-7,10-12H2,1-4H3,(H,18,23)/t13-/m0/s1. The molecule has 0 spiro atoms. The highest BCUT2D eigenvalue weighted by molar-refractivity contribution is 5.78. The van der Waals surface area contributed by atoms with Crippen LogP contribution < -0.4 is 10.9 Å². The molecule has 0 bridgehead atoms. The lowest BCUT2D eigenvalue weighted by Crippen LogP contribution is -2.45. The fourth-order valence-electron chi connectivity index (χ4n) is 2.86. The average molecular weight is 320 g/mol. The summed E-state index contributed by atoms with van der Waals surface area (Å²) in [6.45, 7) is 10.8. The summed E-state index contributed by atoms with van der Waals surface area (Å²) in [6, 6.07) is 3.38. The van der Waals surface area contributed by atoms with Gasteiger partial charge in [0.05, 0.1) is 18.3 Å². The minimum atomic E-state index is -0.0990. The third kappa shape index (κ3) is 4.64. The maximum atomic E-state index is 12.1. The van der Waals surface area contributed by atoms with Crippen molar-refractivity contribution in [2.24, 2.45) is 5.92 Å². The lowest BCUT2D eigenvalue weighted by Gasteiger charge is -2.32. The summed E-state index contributed by atoms with van der Waals surface area (Å²) >= 11 is 0. The lowest BCUT2D eigenvalue weighted by atomic mass is 9.92. The van der Waals surface area contributed by atoms with Crippen LogP contribution in [-0.2, 0) is 16.9 Å². The summed E-state index contributed by atoms with van der Waals surface area (Å²) in [5.74, 6) is 0.117. The smallest absolute Gasteiger partial charge is 0.267 e. The van der Waals surface area contributed by atoms with Crippen LogP contribution in [0.5, 0.6) is 0 Å². The molecule has 2 heterocycles. The zero-order valence-corrected chi connectivity index (χ0v) is 14.6. The third-order valence-electron chi connectivity index (χ3n) is 4.20. The van der Waals surface area contributed by atoms with E-state index in [1.54, 1.807) is 12.1 Å². The highest BCUT2D eigenvalue weighted by atomic mass is 16.2. The molecule has 1 aromatic rings. The van der Waals surface area contributed by atoms with Crippen LogP contribution in [0.4, 0.5) is 0 Å². The summed E-state index contributed by atoms with van der Waals surface area (Å²) in [5.41, 5.74) is 0.702. The maximum Gasteiger partial charge on any atom is 0.267 e. The zero-order chi connectivity index (χ0) is 17.0. The molecular formula is C17H28N4O2. The molecule has 1 N–H and O–H groups in total. The van der Waals surface area contributed by atoms with Crippen LogP contribution in [0.15, 0.2) is 16.9 Å². The van der Waals surface area contributed by atoms with Gasteiger partial charge in [-0.05, 0) is 32.4 Å². The number of nitrogens with one attached hydrogen (secondary N) is 1. The molecule has 1 aliphatic heterocycles. The second-order valence-corrected chi connectivity index (χ2v) is 7.26. The molecule has 128 valence electrons. The Balaban J connectivity index is 2.09. The molecule has 0 unspecified atom stereocenters. The average Bonchev–Trinajstić information content (AvgIpc) is 2.49. The zero-order valence-electron chi connectivity index (χ0n) is 14.6. The molecule has 6 heteroatoms. The summed E-state index contributed by atoms with van der Waals surface area (Å²) in [4.78, 5) is 26.3. The minimum absolute atomic E-state index is 0.00482. The van der Waals surface area contributed by atoms with Gasteiger partial charge in [0.15, 0.2) is 0 Å². The molecular weight excluding hydrogens is 292 g/mol. The fraction of sp³-hybridized carbons (Fsp3) is 0.706. The van der Waals surface area contributed by atoms with Crippen LogP contribution in [0, 0.1) is 5.92 Å². The van der Waals surface area contributed by atoms with Crippen LogP contribution in [0.25, 0.3) is 0 Å². The monoisotopic (exact) mass is 320 g/mol. The number of aromatic nitrogens is 2. The largest absolute Gasteiger partial charge is 0.356 e. The van der Waals surface area contributed by atoms with Crippen LogP contribution >= 0.6 is 0 Å². The van der Waals surface area contributed by atoms with Gasteiger partial charge in [-0.25, -0.2) is 4.68 Å². The number of hydrogen-bond acceptors (Lipinski definition) is 4. The molecule has 1 atom stereocenters. The first-order valence-corrected chi connectivity index (χ1v) is 8.40. The molecule has 2 rings (SSSR count). The van der Waals surface area contributed by atoms with Gasteiger partial charge in [0.2, 0.25) is 5.91 Å². The van der Waals surface area contributed by atoms with E-state index in [2.05, 4.69) is 36.1 Å². The number of rotatable bonds is 4. The predicted octanol–water partition coefficient (Wildman–Crippen LogP) is 1.35. The Morgan fingerprint density at radius 2 is 2.13 bits per heavy atom. The molecule has 0 radical (unpaired) electrons. The van der Waals surface area contributed by atoms with Gasteiger partial charge in [-0.2, -0.15) is 5.10 Å². The molecule has 1 saturated heterocycles. The first-order chi connectivity index (χ1) is 10.8. The number of likely N-dealkylation sites (tertiary alicyclic amines) is 1. The number of nitrogens with zero attached hydrogens (tertiary/aromatic N) is 3. The Kier molecular flexibility index (Phi) is 5.57. The molecule has 6 nitrogen and oxygen atoms in total. The van der Waals surface area contributed by atoms with Crippen molar-refractivity contribution in [3.05, 3.63) is 28.2 Å². The van der Waals surface area contributed by atoms with Gasteiger partial charge < -0.3 is 5.32 Å². The number of amides is 1. The summed E-state index contributed by atoms with van der Waals surface area (Å²) in [5, 5.41) is 7.40. The van der Waals surface area contributed by atoms with Crippen molar-refractivity contribution < 1.29 is 4.79 Å². The van der Waals surface area contributed by atoms with E-state index < -0.39 is 0 Å². The van der Waals surface area contributed by atoms with Gasteiger partial charge in [-0.1, -0.05) is 20.8 Å². The van der Waals surface area contributed by atoms with Crippen molar-refractivity contribution in [2.75, 3.05) is 19.6 Å². The second kappa shape index (κ2) is 7.25. The molecule has 0 saturated carbocycles. The van der Waals surface area contributed by atoms with Crippen molar-refractivity contribution in [2.45, 2.75) is 52.6 Å². The van der Waals surface area contributed by atoms with Gasteiger partial charge in [-0.15, -0.1) is 0 Å². The molecule has 0 aromatic carbocycles. The Morgan fingerprint density at radius 3 is 2.78 bits per heavy atom. The highest BCUT2D eigenvalue weighted by Gasteiger charge is 2.26. The van der Waals surface area contributed by atoms with Crippen molar-refractivity contribution in [3.8, 4) is 0 Å². The van der Waals surface area contributed by atoms with E-state index in [4.69, 9.17) is 0 Å². The number of carbonyl (C=O) groups excluding carboxylic acids is 1. The summed E-state index contributed by atoms with van der Waals surface area (Å²) < 4.78 is 1.51. The normalized spacial score (nSPS) is 19.6. The van der Waals surface area contributed by atoms with Gasteiger partial charge in [0.1, 0.15) is 0 Å². The van der Waals surface area contributed by atoms with Crippen LogP contribution in [0.1, 0.15) is 46.2 Å². The molecule has 1 aliphatic rings. The van der Waals surface area contributed by atoms with E-state index in [0.717, 1.165) is 25.1 Å². The van der Waals surface area contributed by atoms with E-state index in [0.29, 0.717) is 19.8 Å². The highest BCUT2D eigenvalue weighted by Crippen LogP contribution is 2.19. The molecule has 0 aliphatic carbocycles. The van der Waals surface area contributed by atoms with E-state index in [1.165, 1.54) is 4.68 Å². The van der Waals surface area contributed by atoms with Crippen molar-refractivity contribution in [1.29, 1.82) is 0 Å². The van der Waals surface area contributed by atoms with Gasteiger partial charge in [-0.3, -0.25) is 14.5 Å². The van der Waals surface area contributed by atoms with Gasteiger partial charge in [0, 0.05) is 24.6 Å². The minimum Gasteiger partial charge on any atom is -0.356 e. The molecule has 1 aromatic heterocycles. The van der Waals surface area contributed by atoms with Crippen LogP contribution in [0.2, 0.25) is 0 Å². The maximum absolute atomic E-state index is 12.1. The topological polar surface area (TPSA) is 67.2 Å². The van der Waals surface area contributed by atoms with Crippen molar-refractivity contribution >= 4 is 5.91 Å². The SMILES string of the molecule is CCNC(=O)[C@H]1CCCN(Cn2nc(C(C)(C)C)ccc2=O)C1. The van der Waals surface area contributed by atoms with Crippen molar-refractivity contribution in [3.63, 3.8) is 0 Å². The lowest BCUT2D eigenvalue weighted by molar-refractivity contribution is -0.126. The molecule has 23 heavy (non-hydrogen) atoms. The van der Waals surface area contributed by atoms with Crippen LogP contribution in [-0.4, -0.2) is 40.2 Å². The van der Waals surface area contributed by atoms with Gasteiger partial charge in [0.25, 0.3) is 5.56 Å². The van der Waals surface area contributed by atoms with E-state index in [9.17, 15) is 9.59 Å². The second-order valence-electron chi connectivity index (χ2n) is 7.26. The Hall–Kier alpha value is -1.69. The fourth-order valence-corrected chi connectivity index (χ4v) is 2.86.